The van der Waals surface area contributed by atoms with Gasteiger partial charge in [0, 0.05) is 11.4 Å². The predicted octanol–water partition coefficient (Wildman–Crippen LogP) is 2.81. The van der Waals surface area contributed by atoms with Crippen LogP contribution in [0.3, 0.4) is 0 Å². The molecule has 2 aromatic carbocycles. The quantitative estimate of drug-likeness (QED) is 0.897. The van der Waals surface area contributed by atoms with Gasteiger partial charge in [0.25, 0.3) is 0 Å². The average Bonchev–Trinajstić information content (AvgIpc) is 2.46. The number of carbonyl (C=O) groups excluding carboxylic acids is 1. The number of carbonyl (C=O) groups is 2. The van der Waals surface area contributed by atoms with Gasteiger partial charge >= 0.3 is 12.0 Å². The van der Waals surface area contributed by atoms with Gasteiger partial charge in [-0.3, -0.25) is 9.69 Å². The van der Waals surface area contributed by atoms with Crippen LogP contribution in [0.5, 0.6) is 0 Å². The van der Waals surface area contributed by atoms with E-state index in [0.717, 1.165) is 0 Å². The van der Waals surface area contributed by atoms with E-state index in [1.54, 1.807) is 54.6 Å². The zero-order chi connectivity index (χ0) is 14.4. The van der Waals surface area contributed by atoms with Crippen LogP contribution in [0.4, 0.5) is 16.2 Å². The van der Waals surface area contributed by atoms with Gasteiger partial charge in [-0.1, -0.05) is 36.4 Å². The van der Waals surface area contributed by atoms with Crippen molar-refractivity contribution in [2.45, 2.75) is 0 Å². The summed E-state index contributed by atoms with van der Waals surface area (Å²) in [5.41, 5.74) is 1.15. The number of carboxylic acids is 1. The molecule has 0 atom stereocenters. The Morgan fingerprint density at radius 1 is 0.950 bits per heavy atom. The molecule has 2 N–H and O–H groups in total. The lowest BCUT2D eigenvalue weighted by molar-refractivity contribution is -0.135. The molecule has 5 heteroatoms. The number of hydrogen-bond acceptors (Lipinski definition) is 2. The summed E-state index contributed by atoms with van der Waals surface area (Å²) in [6, 6.07) is 17.1. The van der Waals surface area contributed by atoms with Crippen molar-refractivity contribution in [3.8, 4) is 0 Å². The zero-order valence-electron chi connectivity index (χ0n) is 10.7. The van der Waals surface area contributed by atoms with Gasteiger partial charge in [0.15, 0.2) is 0 Å². The first kappa shape index (κ1) is 13.6. The molecular weight excluding hydrogens is 256 g/mol. The first-order chi connectivity index (χ1) is 9.66. The van der Waals surface area contributed by atoms with Crippen LogP contribution in [0.2, 0.25) is 0 Å². The summed E-state index contributed by atoms with van der Waals surface area (Å²) in [7, 11) is 0. The number of para-hydroxylation sites is 2. The van der Waals surface area contributed by atoms with Crippen LogP contribution >= 0.6 is 0 Å². The van der Waals surface area contributed by atoms with E-state index in [2.05, 4.69) is 5.32 Å². The second kappa shape index (κ2) is 6.38. The summed E-state index contributed by atoms with van der Waals surface area (Å²) in [6.45, 7) is -0.400. The molecule has 0 unspecified atom stereocenters. The molecule has 2 rings (SSSR count). The molecule has 5 nitrogen and oxygen atoms in total. The van der Waals surface area contributed by atoms with Crippen LogP contribution < -0.4 is 10.2 Å². The number of aliphatic carboxylic acids is 1. The van der Waals surface area contributed by atoms with Crippen molar-refractivity contribution < 1.29 is 14.7 Å². The predicted molar refractivity (Wildman–Crippen MR) is 76.9 cm³/mol. The molecule has 0 aliphatic heterocycles. The van der Waals surface area contributed by atoms with Crippen molar-refractivity contribution in [1.82, 2.24) is 0 Å². The number of amides is 2. The van der Waals surface area contributed by atoms with E-state index in [-0.39, 0.29) is 0 Å². The third-order valence-corrected chi connectivity index (χ3v) is 2.63. The summed E-state index contributed by atoms with van der Waals surface area (Å²) in [4.78, 5) is 24.3. The van der Waals surface area contributed by atoms with Gasteiger partial charge in [-0.2, -0.15) is 0 Å². The van der Waals surface area contributed by atoms with Crippen LogP contribution in [0, 0.1) is 0 Å². The van der Waals surface area contributed by atoms with E-state index in [0.29, 0.717) is 11.4 Å². The van der Waals surface area contributed by atoms with Crippen molar-refractivity contribution in [3.63, 3.8) is 0 Å². The maximum atomic E-state index is 12.2. The Morgan fingerprint density at radius 2 is 1.50 bits per heavy atom. The fraction of sp³-hybridized carbons (Fsp3) is 0.0667. The SMILES string of the molecule is O=C(O)CN(C(=O)Nc1ccccc1)c1ccccc1. The summed E-state index contributed by atoms with van der Waals surface area (Å²) in [5.74, 6) is -1.07. The van der Waals surface area contributed by atoms with Gasteiger partial charge in [0.2, 0.25) is 0 Å². The fourth-order valence-electron chi connectivity index (χ4n) is 1.74. The number of anilines is 2. The van der Waals surface area contributed by atoms with Gasteiger partial charge in [-0.15, -0.1) is 0 Å². The molecule has 0 aliphatic rings. The third kappa shape index (κ3) is 3.58. The highest BCUT2D eigenvalue weighted by Crippen LogP contribution is 2.15. The van der Waals surface area contributed by atoms with Crippen LogP contribution in [0.25, 0.3) is 0 Å². The van der Waals surface area contributed by atoms with Crippen LogP contribution in [-0.2, 0) is 4.79 Å². The number of carboxylic acid groups (broad SMARTS) is 1. The first-order valence-electron chi connectivity index (χ1n) is 6.07. The highest BCUT2D eigenvalue weighted by molar-refractivity contribution is 6.04. The molecule has 0 radical (unpaired) electrons. The van der Waals surface area contributed by atoms with E-state index in [9.17, 15) is 9.59 Å². The molecular formula is C15H14N2O3. The van der Waals surface area contributed by atoms with Gasteiger partial charge in [-0.25, -0.2) is 4.79 Å². The monoisotopic (exact) mass is 270 g/mol. The highest BCUT2D eigenvalue weighted by atomic mass is 16.4. The molecule has 102 valence electrons. The largest absolute Gasteiger partial charge is 0.480 e. The number of benzene rings is 2. The van der Waals surface area contributed by atoms with Crippen molar-refractivity contribution >= 4 is 23.4 Å². The smallest absolute Gasteiger partial charge is 0.326 e. The number of nitrogens with zero attached hydrogens (tertiary/aromatic N) is 1. The van der Waals surface area contributed by atoms with Crippen molar-refractivity contribution in [2.75, 3.05) is 16.8 Å². The Labute approximate surface area is 116 Å². The van der Waals surface area contributed by atoms with E-state index in [1.807, 2.05) is 6.07 Å². The molecule has 2 aromatic rings. The molecule has 0 saturated heterocycles. The standard InChI is InChI=1S/C15H14N2O3/c18-14(19)11-17(13-9-5-2-6-10-13)15(20)16-12-7-3-1-4-8-12/h1-10H,11H2,(H,16,20)(H,18,19). The lowest BCUT2D eigenvalue weighted by Gasteiger charge is -2.21. The molecule has 0 fully saturated rings. The summed E-state index contributed by atoms with van der Waals surface area (Å²) in [6.07, 6.45) is 0. The molecule has 0 aromatic heterocycles. The van der Waals surface area contributed by atoms with Gasteiger partial charge in [-0.05, 0) is 24.3 Å². The van der Waals surface area contributed by atoms with Crippen molar-refractivity contribution in [2.24, 2.45) is 0 Å². The normalized spacial score (nSPS) is 9.80. The van der Waals surface area contributed by atoms with Crippen LogP contribution in [-0.4, -0.2) is 23.7 Å². The first-order valence-corrected chi connectivity index (χ1v) is 6.07. The Kier molecular flexibility index (Phi) is 4.34. The lowest BCUT2D eigenvalue weighted by atomic mass is 10.3. The van der Waals surface area contributed by atoms with E-state index < -0.39 is 18.5 Å². The highest BCUT2D eigenvalue weighted by Gasteiger charge is 2.18. The van der Waals surface area contributed by atoms with Crippen LogP contribution in [0.15, 0.2) is 60.7 Å². The molecule has 0 bridgehead atoms. The number of urea groups is 1. The minimum atomic E-state index is -1.07. The maximum Gasteiger partial charge on any atom is 0.326 e. The van der Waals surface area contributed by atoms with E-state index in [1.165, 1.54) is 4.90 Å². The van der Waals surface area contributed by atoms with E-state index in [4.69, 9.17) is 5.11 Å². The van der Waals surface area contributed by atoms with Crippen molar-refractivity contribution in [3.05, 3.63) is 60.7 Å². The van der Waals surface area contributed by atoms with Crippen LogP contribution in [0.1, 0.15) is 0 Å². The average molecular weight is 270 g/mol. The Balaban J connectivity index is 2.18. The molecule has 0 aliphatic carbocycles. The van der Waals surface area contributed by atoms with E-state index >= 15 is 0 Å². The third-order valence-electron chi connectivity index (χ3n) is 2.63. The van der Waals surface area contributed by atoms with Gasteiger partial charge in [0.1, 0.15) is 6.54 Å². The molecule has 20 heavy (non-hydrogen) atoms. The molecule has 0 heterocycles. The van der Waals surface area contributed by atoms with Gasteiger partial charge in [0.05, 0.1) is 0 Å². The molecule has 0 saturated carbocycles. The molecule has 2 amide bonds. The summed E-state index contributed by atoms with van der Waals surface area (Å²) >= 11 is 0. The molecule has 0 spiro atoms. The second-order valence-electron chi connectivity index (χ2n) is 4.11. The summed E-state index contributed by atoms with van der Waals surface area (Å²) in [5, 5.41) is 11.6. The minimum absolute atomic E-state index is 0.400. The Hall–Kier alpha value is -2.82. The fourth-order valence-corrected chi connectivity index (χ4v) is 1.74. The number of nitrogens with one attached hydrogen (secondary N) is 1. The van der Waals surface area contributed by atoms with Crippen molar-refractivity contribution in [1.29, 1.82) is 0 Å². The zero-order valence-corrected chi connectivity index (χ0v) is 10.7. The second-order valence-corrected chi connectivity index (χ2v) is 4.11. The topological polar surface area (TPSA) is 69.6 Å². The lowest BCUT2D eigenvalue weighted by Crippen LogP contribution is -2.38. The number of hydrogen-bond donors (Lipinski definition) is 2. The Morgan fingerprint density at radius 3 is 2.05 bits per heavy atom. The minimum Gasteiger partial charge on any atom is -0.480 e. The van der Waals surface area contributed by atoms with Gasteiger partial charge < -0.3 is 10.4 Å². The number of rotatable bonds is 4. The summed E-state index contributed by atoms with van der Waals surface area (Å²) < 4.78 is 0. The Bertz CT molecular complexity index is 585. The maximum absolute atomic E-state index is 12.2.